The molecule has 124 valence electrons. The molecule has 0 aliphatic carbocycles. The van der Waals surface area contributed by atoms with Crippen molar-refractivity contribution >= 4 is 40.3 Å². The number of halogens is 2. The van der Waals surface area contributed by atoms with Crippen LogP contribution in [0.15, 0.2) is 16.5 Å². The number of fused-ring (bicyclic) bond motifs is 1. The third-order valence-electron chi connectivity index (χ3n) is 3.74. The molecule has 0 amide bonds. The van der Waals surface area contributed by atoms with Gasteiger partial charge in [-0.25, -0.2) is 9.78 Å². The summed E-state index contributed by atoms with van der Waals surface area (Å²) in [6.45, 7) is 6.24. The highest BCUT2D eigenvalue weighted by Gasteiger charge is 2.48. The summed E-state index contributed by atoms with van der Waals surface area (Å²) in [5.41, 5.74) is -0.518. The molecule has 1 aliphatic rings. The first-order valence-corrected chi connectivity index (χ1v) is 8.21. The smallest absolute Gasteiger partial charge is 0.334 e. The zero-order valence-electron chi connectivity index (χ0n) is 13.2. The average Bonchev–Trinajstić information content (AvgIpc) is 3.04. The second kappa shape index (κ2) is 5.65. The van der Waals surface area contributed by atoms with E-state index in [1.807, 2.05) is 20.8 Å². The van der Waals surface area contributed by atoms with Gasteiger partial charge in [-0.2, -0.15) is 0 Å². The molecule has 0 saturated carbocycles. The van der Waals surface area contributed by atoms with Crippen molar-refractivity contribution in [3.63, 3.8) is 0 Å². The van der Waals surface area contributed by atoms with E-state index in [9.17, 15) is 4.79 Å². The van der Waals surface area contributed by atoms with E-state index in [2.05, 4.69) is 10.3 Å². The number of esters is 1. The zero-order chi connectivity index (χ0) is 16.8. The van der Waals surface area contributed by atoms with Crippen molar-refractivity contribution in [2.75, 3.05) is 6.54 Å². The quantitative estimate of drug-likeness (QED) is 0.649. The van der Waals surface area contributed by atoms with Gasteiger partial charge < -0.3 is 9.15 Å². The molecule has 2 aromatic heterocycles. The van der Waals surface area contributed by atoms with Crippen molar-refractivity contribution < 1.29 is 13.9 Å². The Morgan fingerprint density at radius 1 is 1.39 bits per heavy atom. The molecule has 3 rings (SSSR count). The molecular weight excluding hydrogens is 339 g/mol. The number of rotatable bonds is 2. The molecular formula is C16H18Cl2N2O3. The highest BCUT2D eigenvalue weighted by molar-refractivity contribution is 6.41. The lowest BCUT2D eigenvalue weighted by atomic mass is 9.94. The number of hydrogen-bond acceptors (Lipinski definition) is 5. The van der Waals surface area contributed by atoms with Crippen LogP contribution >= 0.6 is 23.2 Å². The molecule has 1 N–H and O–H groups in total. The Morgan fingerprint density at radius 3 is 2.74 bits per heavy atom. The van der Waals surface area contributed by atoms with E-state index in [1.54, 1.807) is 12.1 Å². The predicted octanol–water partition coefficient (Wildman–Crippen LogP) is 4.06. The van der Waals surface area contributed by atoms with E-state index in [1.165, 1.54) is 0 Å². The summed E-state index contributed by atoms with van der Waals surface area (Å²) in [4.78, 5) is 17.0. The van der Waals surface area contributed by atoms with Gasteiger partial charge in [-0.1, -0.05) is 23.2 Å². The Bertz CT molecular complexity index is 720. The van der Waals surface area contributed by atoms with Gasteiger partial charge in [0.15, 0.2) is 11.1 Å². The standard InChI is InChI=1S/C16H18Cl2N2O3/c1-15(2,3)23-14(21)16(5-4-6-19-16)12-8-10-11(22-12)7-9(17)13(18)20-10/h7-8,19H,4-6H2,1-3H3/t16-/m1/s1. The number of carbonyl (C=O) groups is 1. The molecule has 0 bridgehead atoms. The number of furan rings is 1. The molecule has 3 heterocycles. The number of nitrogens with one attached hydrogen (secondary N) is 1. The maximum Gasteiger partial charge on any atom is 0.334 e. The van der Waals surface area contributed by atoms with E-state index in [0.29, 0.717) is 34.8 Å². The Balaban J connectivity index is 2.06. The van der Waals surface area contributed by atoms with Crippen molar-refractivity contribution in [3.05, 3.63) is 28.1 Å². The SMILES string of the molecule is CC(C)(C)OC(=O)[C@]1(c2cc3nc(Cl)c(Cl)cc3o2)CCCN1. The number of hydrogen-bond donors (Lipinski definition) is 1. The third-order valence-corrected chi connectivity index (χ3v) is 4.41. The van der Waals surface area contributed by atoms with E-state index in [0.717, 1.165) is 6.42 Å². The van der Waals surface area contributed by atoms with E-state index in [-0.39, 0.29) is 11.1 Å². The van der Waals surface area contributed by atoms with Gasteiger partial charge in [0.1, 0.15) is 22.0 Å². The molecule has 1 atom stereocenters. The Kier molecular flexibility index (Phi) is 4.07. The van der Waals surface area contributed by atoms with Gasteiger partial charge in [-0.3, -0.25) is 5.32 Å². The van der Waals surface area contributed by atoms with Crippen LogP contribution in [-0.4, -0.2) is 23.1 Å². The lowest BCUT2D eigenvalue weighted by molar-refractivity contribution is -0.164. The lowest BCUT2D eigenvalue weighted by Crippen LogP contribution is -2.47. The third kappa shape index (κ3) is 3.05. The van der Waals surface area contributed by atoms with Crippen LogP contribution in [-0.2, 0) is 15.1 Å². The highest BCUT2D eigenvalue weighted by Crippen LogP contribution is 2.37. The molecule has 0 radical (unpaired) electrons. The monoisotopic (exact) mass is 356 g/mol. The van der Waals surface area contributed by atoms with Crippen LogP contribution in [0.4, 0.5) is 0 Å². The fraction of sp³-hybridized carbons (Fsp3) is 0.500. The first-order chi connectivity index (χ1) is 10.7. The second-order valence-corrected chi connectivity index (χ2v) is 7.46. The number of pyridine rings is 1. The summed E-state index contributed by atoms with van der Waals surface area (Å²) < 4.78 is 11.4. The summed E-state index contributed by atoms with van der Waals surface area (Å²) >= 11 is 11.9. The molecule has 23 heavy (non-hydrogen) atoms. The normalized spacial score (nSPS) is 21.8. The molecule has 1 saturated heterocycles. The van der Waals surface area contributed by atoms with Crippen LogP contribution in [0, 0.1) is 0 Å². The molecule has 0 spiro atoms. The fourth-order valence-electron chi connectivity index (χ4n) is 2.72. The predicted molar refractivity (Wildman–Crippen MR) is 88.8 cm³/mol. The molecule has 0 aromatic carbocycles. The summed E-state index contributed by atoms with van der Waals surface area (Å²) in [7, 11) is 0. The van der Waals surface area contributed by atoms with E-state index >= 15 is 0 Å². The van der Waals surface area contributed by atoms with Crippen LogP contribution in [0.3, 0.4) is 0 Å². The largest absolute Gasteiger partial charge is 0.458 e. The van der Waals surface area contributed by atoms with Crippen molar-refractivity contribution in [3.8, 4) is 0 Å². The second-order valence-electron chi connectivity index (χ2n) is 6.69. The minimum Gasteiger partial charge on any atom is -0.458 e. The first-order valence-electron chi connectivity index (χ1n) is 7.46. The summed E-state index contributed by atoms with van der Waals surface area (Å²) in [6.07, 6.45) is 1.45. The van der Waals surface area contributed by atoms with E-state index in [4.69, 9.17) is 32.4 Å². The minimum absolute atomic E-state index is 0.206. The molecule has 1 fully saturated rings. The molecule has 2 aromatic rings. The topological polar surface area (TPSA) is 64.4 Å². The molecule has 1 aliphatic heterocycles. The number of nitrogens with zero attached hydrogens (tertiary/aromatic N) is 1. The van der Waals surface area contributed by atoms with Crippen LogP contribution < -0.4 is 5.32 Å². The van der Waals surface area contributed by atoms with Crippen LogP contribution in [0.25, 0.3) is 11.1 Å². The summed E-state index contributed by atoms with van der Waals surface area (Å²) in [5.74, 6) is 0.129. The first kappa shape index (κ1) is 16.6. The minimum atomic E-state index is -0.993. The zero-order valence-corrected chi connectivity index (χ0v) is 14.7. The Labute approximate surface area is 144 Å². The highest BCUT2D eigenvalue weighted by atomic mass is 35.5. The van der Waals surface area contributed by atoms with Gasteiger partial charge in [0.2, 0.25) is 0 Å². The van der Waals surface area contributed by atoms with Gasteiger partial charge >= 0.3 is 5.97 Å². The maximum atomic E-state index is 12.8. The Morgan fingerprint density at radius 2 is 2.13 bits per heavy atom. The van der Waals surface area contributed by atoms with Gasteiger partial charge in [0, 0.05) is 12.1 Å². The van der Waals surface area contributed by atoms with Gasteiger partial charge in [-0.15, -0.1) is 0 Å². The lowest BCUT2D eigenvalue weighted by Gasteiger charge is -2.29. The number of ether oxygens (including phenoxy) is 1. The van der Waals surface area contributed by atoms with Crippen molar-refractivity contribution in [1.29, 1.82) is 0 Å². The van der Waals surface area contributed by atoms with Crippen LogP contribution in [0.1, 0.15) is 39.4 Å². The molecule has 0 unspecified atom stereocenters. The number of aromatic nitrogens is 1. The fourth-order valence-corrected chi connectivity index (χ4v) is 3.01. The van der Waals surface area contributed by atoms with Gasteiger partial charge in [0.05, 0.1) is 5.02 Å². The van der Waals surface area contributed by atoms with Gasteiger partial charge in [-0.05, 0) is 40.2 Å². The summed E-state index contributed by atoms with van der Waals surface area (Å²) in [6, 6.07) is 3.33. The maximum absolute atomic E-state index is 12.8. The van der Waals surface area contributed by atoms with Crippen molar-refractivity contribution in [1.82, 2.24) is 10.3 Å². The van der Waals surface area contributed by atoms with Crippen molar-refractivity contribution in [2.45, 2.75) is 44.8 Å². The van der Waals surface area contributed by atoms with Crippen LogP contribution in [0.5, 0.6) is 0 Å². The van der Waals surface area contributed by atoms with E-state index < -0.39 is 11.1 Å². The molecule has 5 nitrogen and oxygen atoms in total. The van der Waals surface area contributed by atoms with Gasteiger partial charge in [0.25, 0.3) is 0 Å². The number of carbonyl (C=O) groups excluding carboxylic acids is 1. The Hall–Kier alpha value is -1.30. The van der Waals surface area contributed by atoms with Crippen LogP contribution in [0.2, 0.25) is 10.2 Å². The molecule has 7 heteroatoms. The summed E-state index contributed by atoms with van der Waals surface area (Å²) in [5, 5.41) is 3.75. The average molecular weight is 357 g/mol. The van der Waals surface area contributed by atoms with Crippen molar-refractivity contribution in [2.24, 2.45) is 0 Å².